The van der Waals surface area contributed by atoms with Crippen molar-refractivity contribution in [3.8, 4) is 0 Å². The Morgan fingerprint density at radius 3 is 2.58 bits per heavy atom. The van der Waals surface area contributed by atoms with E-state index in [-0.39, 0.29) is 23.1 Å². The van der Waals surface area contributed by atoms with E-state index in [4.69, 9.17) is 4.74 Å². The molecule has 3 fully saturated rings. The van der Waals surface area contributed by atoms with Crippen molar-refractivity contribution >= 4 is 5.91 Å². The third-order valence-corrected chi connectivity index (χ3v) is 8.14. The molecule has 2 aliphatic heterocycles. The van der Waals surface area contributed by atoms with E-state index in [0.717, 1.165) is 25.2 Å². The van der Waals surface area contributed by atoms with Crippen LogP contribution in [0, 0.1) is 23.2 Å². The Bertz CT molecular complexity index is 756. The van der Waals surface area contributed by atoms with Crippen LogP contribution in [0.3, 0.4) is 0 Å². The van der Waals surface area contributed by atoms with E-state index in [2.05, 4.69) is 56.9 Å². The maximum atomic E-state index is 13.7. The lowest BCUT2D eigenvalue weighted by Crippen LogP contribution is -2.64. The van der Waals surface area contributed by atoms with E-state index in [1.807, 2.05) is 0 Å². The quantitative estimate of drug-likeness (QED) is 0.700. The summed E-state index contributed by atoms with van der Waals surface area (Å²) in [6.07, 6.45) is 5.65. The molecule has 1 amide bonds. The average Bonchev–Trinajstić information content (AvgIpc) is 2.80. The SMILES string of the molecule is C[C@@H]1CC[C@@H]2[C@@H](C1)O[C@H]1[C@@H]3Cc4ccccc4C[C@@]3(C)C(=O)N1C2(C)C. The number of hydrogen-bond donors (Lipinski definition) is 0. The zero-order valence-corrected chi connectivity index (χ0v) is 16.5. The van der Waals surface area contributed by atoms with Crippen LogP contribution in [0.5, 0.6) is 0 Å². The van der Waals surface area contributed by atoms with Crippen molar-refractivity contribution in [2.24, 2.45) is 23.2 Å². The van der Waals surface area contributed by atoms with Gasteiger partial charge in [-0.15, -0.1) is 0 Å². The molecule has 3 heteroatoms. The van der Waals surface area contributed by atoms with Crippen LogP contribution < -0.4 is 0 Å². The summed E-state index contributed by atoms with van der Waals surface area (Å²) in [4.78, 5) is 15.9. The number of nitrogens with zero attached hydrogens (tertiary/aromatic N) is 1. The molecule has 2 heterocycles. The smallest absolute Gasteiger partial charge is 0.231 e. The van der Waals surface area contributed by atoms with Gasteiger partial charge in [-0.05, 0) is 63.5 Å². The number of amides is 1. The van der Waals surface area contributed by atoms with Gasteiger partial charge in [0.05, 0.1) is 11.5 Å². The van der Waals surface area contributed by atoms with Gasteiger partial charge in [-0.1, -0.05) is 37.6 Å². The van der Waals surface area contributed by atoms with Crippen molar-refractivity contribution in [2.45, 2.75) is 77.7 Å². The first-order valence-corrected chi connectivity index (χ1v) is 10.4. The van der Waals surface area contributed by atoms with E-state index >= 15 is 0 Å². The standard InChI is InChI=1S/C23H31NO2/c1-14-9-10-17-19(11-14)26-20-18-12-15-7-5-6-8-16(15)13-23(18,4)21(25)24(20)22(17,2)3/h5-8,14,17-20H,9-13H2,1-4H3/t14-,17-,18+,19-,20+,23-/m1/s1. The van der Waals surface area contributed by atoms with Crippen LogP contribution in [0.4, 0.5) is 0 Å². The van der Waals surface area contributed by atoms with Gasteiger partial charge >= 0.3 is 0 Å². The lowest BCUT2D eigenvalue weighted by atomic mass is 9.66. The van der Waals surface area contributed by atoms with Crippen LogP contribution in [0.25, 0.3) is 0 Å². The summed E-state index contributed by atoms with van der Waals surface area (Å²) in [5.41, 5.74) is 2.32. The fraction of sp³-hybridized carbons (Fsp3) is 0.696. The molecular formula is C23H31NO2. The number of ether oxygens (including phenoxy) is 1. The van der Waals surface area contributed by atoms with Crippen molar-refractivity contribution in [1.82, 2.24) is 4.90 Å². The second kappa shape index (κ2) is 5.34. The normalized spacial score (nSPS) is 43.3. The molecule has 2 aliphatic carbocycles. The molecule has 2 saturated heterocycles. The highest BCUT2D eigenvalue weighted by molar-refractivity contribution is 5.87. The summed E-state index contributed by atoms with van der Waals surface area (Å²) in [7, 11) is 0. The van der Waals surface area contributed by atoms with E-state index in [1.165, 1.54) is 24.0 Å². The van der Waals surface area contributed by atoms with Crippen LogP contribution in [-0.4, -0.2) is 28.7 Å². The summed E-state index contributed by atoms with van der Waals surface area (Å²) >= 11 is 0. The number of hydrogen-bond acceptors (Lipinski definition) is 2. The molecule has 0 aromatic heterocycles. The van der Waals surface area contributed by atoms with Gasteiger partial charge in [0.2, 0.25) is 5.91 Å². The first-order chi connectivity index (χ1) is 12.3. The molecule has 4 aliphatic rings. The molecule has 0 spiro atoms. The highest BCUT2D eigenvalue weighted by Crippen LogP contribution is 2.57. The molecule has 0 bridgehead atoms. The highest BCUT2D eigenvalue weighted by Gasteiger charge is 2.65. The molecule has 0 unspecified atom stereocenters. The maximum Gasteiger partial charge on any atom is 0.231 e. The number of fused-ring (bicyclic) bond motifs is 5. The summed E-state index contributed by atoms with van der Waals surface area (Å²) in [5.74, 6) is 1.78. The van der Waals surface area contributed by atoms with Crippen LogP contribution in [-0.2, 0) is 22.4 Å². The third kappa shape index (κ3) is 2.07. The van der Waals surface area contributed by atoms with Gasteiger partial charge in [0.1, 0.15) is 6.23 Å². The van der Waals surface area contributed by atoms with Gasteiger partial charge in [0.15, 0.2) is 0 Å². The van der Waals surface area contributed by atoms with Crippen molar-refractivity contribution in [3.05, 3.63) is 35.4 Å². The van der Waals surface area contributed by atoms with Crippen molar-refractivity contribution in [2.75, 3.05) is 0 Å². The number of benzene rings is 1. The fourth-order valence-electron chi connectivity index (χ4n) is 6.53. The van der Waals surface area contributed by atoms with Crippen LogP contribution in [0.2, 0.25) is 0 Å². The van der Waals surface area contributed by atoms with E-state index in [1.54, 1.807) is 0 Å². The minimum atomic E-state index is -0.324. The van der Waals surface area contributed by atoms with Gasteiger partial charge in [-0.2, -0.15) is 0 Å². The first-order valence-electron chi connectivity index (χ1n) is 10.4. The number of carbonyl (C=O) groups is 1. The fourth-order valence-corrected chi connectivity index (χ4v) is 6.53. The first kappa shape index (κ1) is 16.8. The van der Waals surface area contributed by atoms with E-state index < -0.39 is 0 Å². The molecular weight excluding hydrogens is 322 g/mol. The molecule has 140 valence electrons. The Balaban J connectivity index is 1.57. The number of carbonyl (C=O) groups excluding carboxylic acids is 1. The van der Waals surface area contributed by atoms with Crippen molar-refractivity contribution < 1.29 is 9.53 Å². The predicted molar refractivity (Wildman–Crippen MR) is 102 cm³/mol. The van der Waals surface area contributed by atoms with Gasteiger partial charge in [0, 0.05) is 17.4 Å². The van der Waals surface area contributed by atoms with Crippen LogP contribution >= 0.6 is 0 Å². The van der Waals surface area contributed by atoms with Gasteiger partial charge < -0.3 is 9.64 Å². The van der Waals surface area contributed by atoms with Crippen molar-refractivity contribution in [3.63, 3.8) is 0 Å². The molecule has 1 saturated carbocycles. The average molecular weight is 354 g/mol. The van der Waals surface area contributed by atoms with Crippen LogP contribution in [0.1, 0.15) is 58.1 Å². The molecule has 26 heavy (non-hydrogen) atoms. The number of rotatable bonds is 0. The maximum absolute atomic E-state index is 13.7. The van der Waals surface area contributed by atoms with Gasteiger partial charge in [0.25, 0.3) is 0 Å². The van der Waals surface area contributed by atoms with Gasteiger partial charge in [-0.3, -0.25) is 4.79 Å². The Morgan fingerprint density at radius 1 is 1.08 bits per heavy atom. The Labute approximate surface area is 157 Å². The lowest BCUT2D eigenvalue weighted by molar-refractivity contribution is -0.228. The van der Waals surface area contributed by atoms with Crippen LogP contribution in [0.15, 0.2) is 24.3 Å². The third-order valence-electron chi connectivity index (χ3n) is 8.14. The summed E-state index contributed by atoms with van der Waals surface area (Å²) in [6.45, 7) is 9.13. The Kier molecular flexibility index (Phi) is 3.45. The molecule has 0 radical (unpaired) electrons. The second-order valence-electron chi connectivity index (χ2n) is 10.1. The largest absolute Gasteiger partial charge is 0.354 e. The minimum Gasteiger partial charge on any atom is -0.354 e. The lowest BCUT2D eigenvalue weighted by Gasteiger charge is -2.56. The van der Waals surface area contributed by atoms with E-state index in [9.17, 15) is 4.79 Å². The highest BCUT2D eigenvalue weighted by atomic mass is 16.5. The minimum absolute atomic E-state index is 0.0533. The zero-order valence-electron chi connectivity index (χ0n) is 16.5. The molecule has 1 aromatic rings. The predicted octanol–water partition coefficient (Wildman–Crippen LogP) is 4.19. The van der Waals surface area contributed by atoms with Crippen molar-refractivity contribution in [1.29, 1.82) is 0 Å². The Morgan fingerprint density at radius 2 is 1.81 bits per heavy atom. The van der Waals surface area contributed by atoms with E-state index in [0.29, 0.717) is 17.9 Å². The zero-order chi connectivity index (χ0) is 18.3. The summed E-state index contributed by atoms with van der Waals surface area (Å²) in [5, 5.41) is 0. The summed E-state index contributed by atoms with van der Waals surface area (Å²) < 4.78 is 6.75. The Hall–Kier alpha value is -1.35. The topological polar surface area (TPSA) is 29.5 Å². The monoisotopic (exact) mass is 353 g/mol. The second-order valence-corrected chi connectivity index (χ2v) is 10.1. The summed E-state index contributed by atoms with van der Waals surface area (Å²) in [6, 6.07) is 8.67. The molecule has 0 N–H and O–H groups in total. The molecule has 6 atom stereocenters. The van der Waals surface area contributed by atoms with Gasteiger partial charge in [-0.25, -0.2) is 0 Å². The molecule has 3 nitrogen and oxygen atoms in total. The molecule has 1 aromatic carbocycles. The molecule has 5 rings (SSSR count).